The maximum Gasteiger partial charge on any atom is 0.256 e. The van der Waals surface area contributed by atoms with Gasteiger partial charge in [0.1, 0.15) is 22.7 Å². The largest absolute Gasteiger partial charge is 0.389 e. The predicted molar refractivity (Wildman–Crippen MR) is 129 cm³/mol. The summed E-state index contributed by atoms with van der Waals surface area (Å²) in [5.41, 5.74) is 8.65. The van der Waals surface area contributed by atoms with E-state index >= 15 is 4.39 Å². The van der Waals surface area contributed by atoms with E-state index in [1.165, 1.54) is 18.2 Å². The lowest BCUT2D eigenvalue weighted by Crippen LogP contribution is -2.54. The van der Waals surface area contributed by atoms with Crippen LogP contribution in [-0.2, 0) is 6.54 Å². The monoisotopic (exact) mass is 477 g/mol. The molecule has 6 nitrogen and oxygen atoms in total. The number of nitrogens with one attached hydrogen (secondary N) is 1. The molecule has 0 unspecified atom stereocenters. The van der Waals surface area contributed by atoms with E-state index < -0.39 is 11.6 Å². The van der Waals surface area contributed by atoms with E-state index in [4.69, 9.17) is 5.73 Å². The Morgan fingerprint density at radius 3 is 2.82 bits per heavy atom. The van der Waals surface area contributed by atoms with E-state index in [1.54, 1.807) is 0 Å². The molecule has 172 valence electrons. The van der Waals surface area contributed by atoms with Crippen LogP contribution in [-0.4, -0.2) is 41.1 Å². The quantitative estimate of drug-likeness (QED) is 0.426. The average molecular weight is 478 g/mol. The highest BCUT2D eigenvalue weighted by atomic mass is 32.1. The lowest BCUT2D eigenvalue weighted by atomic mass is 9.92. The Kier molecular flexibility index (Phi) is 4.66. The molecule has 0 radical (unpaired) electrons. The van der Waals surface area contributed by atoms with Crippen LogP contribution in [0.25, 0.3) is 32.1 Å². The van der Waals surface area contributed by atoms with E-state index in [-0.39, 0.29) is 32.8 Å². The maximum atomic E-state index is 16.0. The Morgan fingerprint density at radius 2 is 2.03 bits per heavy atom. The van der Waals surface area contributed by atoms with Crippen molar-refractivity contribution in [3.05, 3.63) is 52.7 Å². The second-order valence-corrected chi connectivity index (χ2v) is 9.96. The van der Waals surface area contributed by atoms with Gasteiger partial charge in [-0.2, -0.15) is 5.26 Å². The van der Waals surface area contributed by atoms with Crippen molar-refractivity contribution in [1.82, 2.24) is 14.8 Å². The maximum absolute atomic E-state index is 16.0. The van der Waals surface area contributed by atoms with Crippen molar-refractivity contribution in [2.75, 3.05) is 25.4 Å². The molecule has 1 atom stereocenters. The third-order valence-corrected chi connectivity index (χ3v) is 8.05. The van der Waals surface area contributed by atoms with Gasteiger partial charge in [0.05, 0.1) is 21.3 Å². The molecule has 0 spiro atoms. The number of piperazine rings is 1. The fourth-order valence-corrected chi connectivity index (χ4v) is 6.47. The number of rotatable bonds is 1. The zero-order valence-electron chi connectivity index (χ0n) is 18.4. The lowest BCUT2D eigenvalue weighted by molar-refractivity contribution is 0.0615. The molecule has 6 rings (SSSR count). The van der Waals surface area contributed by atoms with E-state index in [1.807, 2.05) is 22.6 Å². The molecule has 1 fully saturated rings. The van der Waals surface area contributed by atoms with E-state index in [0.29, 0.717) is 47.1 Å². The van der Waals surface area contributed by atoms with Gasteiger partial charge in [-0.1, -0.05) is 6.07 Å². The third-order valence-electron chi connectivity index (χ3n) is 7.03. The molecule has 2 aliphatic rings. The van der Waals surface area contributed by atoms with E-state index in [2.05, 4.69) is 11.4 Å². The lowest BCUT2D eigenvalue weighted by Gasteiger charge is -2.38. The number of aromatic nitrogens is 1. The van der Waals surface area contributed by atoms with E-state index in [0.717, 1.165) is 29.9 Å². The van der Waals surface area contributed by atoms with Gasteiger partial charge < -0.3 is 20.5 Å². The average Bonchev–Trinajstić information content (AvgIpc) is 3.34. The van der Waals surface area contributed by atoms with Gasteiger partial charge >= 0.3 is 0 Å². The molecule has 9 heteroatoms. The number of fused-ring (bicyclic) bond motifs is 2. The van der Waals surface area contributed by atoms with Crippen LogP contribution in [0.15, 0.2) is 24.4 Å². The number of amides is 1. The number of aryl methyl sites for hydroxylation is 2. The first-order valence-corrected chi connectivity index (χ1v) is 12.0. The molecule has 4 heterocycles. The molecule has 1 saturated heterocycles. The molecule has 3 N–H and O–H groups in total. The van der Waals surface area contributed by atoms with Crippen LogP contribution in [0.1, 0.15) is 27.9 Å². The van der Waals surface area contributed by atoms with Crippen LogP contribution in [0.2, 0.25) is 0 Å². The molecule has 2 aliphatic heterocycles. The molecular weight excluding hydrogens is 456 g/mol. The number of benzene rings is 2. The summed E-state index contributed by atoms with van der Waals surface area (Å²) in [6.07, 6.45) is 2.73. The predicted octanol–water partition coefficient (Wildman–Crippen LogP) is 4.38. The van der Waals surface area contributed by atoms with Gasteiger partial charge in [-0.15, -0.1) is 11.3 Å². The number of anilines is 1. The summed E-state index contributed by atoms with van der Waals surface area (Å²) in [5.74, 6) is -1.26. The van der Waals surface area contributed by atoms with Crippen LogP contribution in [0.4, 0.5) is 13.8 Å². The summed E-state index contributed by atoms with van der Waals surface area (Å²) in [7, 11) is 0. The van der Waals surface area contributed by atoms with Crippen molar-refractivity contribution >= 4 is 43.2 Å². The molecule has 4 aromatic rings. The number of thiophene rings is 1. The first kappa shape index (κ1) is 21.1. The topological polar surface area (TPSA) is 87.1 Å². The summed E-state index contributed by atoms with van der Waals surface area (Å²) in [6.45, 7) is 4.57. The highest BCUT2D eigenvalue weighted by Crippen LogP contribution is 2.45. The number of nitrogen functional groups attached to an aromatic ring is 1. The number of nitrogens with zero attached hydrogens (tertiary/aromatic N) is 3. The minimum Gasteiger partial charge on any atom is -0.389 e. The number of nitrogens with two attached hydrogens (primary N) is 1. The summed E-state index contributed by atoms with van der Waals surface area (Å²) in [5, 5.41) is 14.2. The summed E-state index contributed by atoms with van der Waals surface area (Å²) in [4.78, 5) is 15.4. The Balaban J connectivity index is 1.69. The van der Waals surface area contributed by atoms with Crippen LogP contribution in [0, 0.1) is 29.9 Å². The number of carbonyl (C=O) groups excluding carboxylic acids is 1. The van der Waals surface area contributed by atoms with Gasteiger partial charge in [-0.25, -0.2) is 8.78 Å². The number of hydrogen-bond donors (Lipinski definition) is 2. The van der Waals surface area contributed by atoms with Gasteiger partial charge in [-0.3, -0.25) is 4.79 Å². The molecule has 0 aliphatic carbocycles. The number of carbonyl (C=O) groups is 1. The van der Waals surface area contributed by atoms with Crippen molar-refractivity contribution < 1.29 is 13.6 Å². The second kappa shape index (κ2) is 7.52. The summed E-state index contributed by atoms with van der Waals surface area (Å²) >= 11 is 0.983. The van der Waals surface area contributed by atoms with Crippen molar-refractivity contribution in [1.29, 1.82) is 5.26 Å². The first-order valence-electron chi connectivity index (χ1n) is 11.1. The van der Waals surface area contributed by atoms with Crippen LogP contribution < -0.4 is 11.1 Å². The fraction of sp³-hybridized carbons (Fsp3) is 0.280. The number of halogens is 2. The normalized spacial score (nSPS) is 18.1. The highest BCUT2D eigenvalue weighted by Gasteiger charge is 2.33. The third kappa shape index (κ3) is 2.82. The molecule has 0 bridgehead atoms. The molecule has 34 heavy (non-hydrogen) atoms. The van der Waals surface area contributed by atoms with E-state index in [9.17, 15) is 14.4 Å². The summed E-state index contributed by atoms with van der Waals surface area (Å²) in [6, 6.07) is 6.19. The van der Waals surface area contributed by atoms with Crippen LogP contribution in [0.3, 0.4) is 0 Å². The highest BCUT2D eigenvalue weighted by molar-refractivity contribution is 7.23. The van der Waals surface area contributed by atoms with Crippen molar-refractivity contribution in [3.63, 3.8) is 0 Å². The van der Waals surface area contributed by atoms with Gasteiger partial charge in [0.25, 0.3) is 5.91 Å². The Hall–Kier alpha value is -3.48. The zero-order valence-corrected chi connectivity index (χ0v) is 19.2. The molecular formula is C25H21F2N5OS. The van der Waals surface area contributed by atoms with Crippen LogP contribution >= 0.6 is 11.3 Å². The molecule has 2 aromatic heterocycles. The Bertz CT molecular complexity index is 1560. The minimum atomic E-state index is -0.578. The smallest absolute Gasteiger partial charge is 0.256 e. The van der Waals surface area contributed by atoms with Crippen molar-refractivity contribution in [2.45, 2.75) is 25.9 Å². The fourth-order valence-electron chi connectivity index (χ4n) is 5.53. The second-order valence-electron chi connectivity index (χ2n) is 8.91. The Morgan fingerprint density at radius 1 is 1.21 bits per heavy atom. The molecule has 0 saturated carbocycles. The van der Waals surface area contributed by atoms with Crippen LogP contribution in [0.5, 0.6) is 0 Å². The van der Waals surface area contributed by atoms with Crippen molar-refractivity contribution in [2.24, 2.45) is 0 Å². The Labute approximate surface area is 198 Å². The zero-order chi connectivity index (χ0) is 23.7. The van der Waals surface area contributed by atoms with Gasteiger partial charge in [-0.05, 0) is 36.6 Å². The van der Waals surface area contributed by atoms with Gasteiger partial charge in [0.15, 0.2) is 0 Å². The number of nitriles is 1. The SMILES string of the molecule is Cc1cn2c3c(cc(F)c(-c4ccc(F)c5sc(N)c(C#N)c45)c13)C(=O)N1CCNC[C@@H]1CC2. The standard InChI is InChI=1S/C25H21F2N5OS/c1-12-11-31-6-4-13-10-30-5-7-32(13)25(33)15-8-18(27)21(19(12)22(15)31)14-2-3-17(26)23-20(14)16(9-28)24(29)34-23/h2-3,8,11,13,30H,4-7,10,29H2,1H3/t13-/m0/s1. The summed E-state index contributed by atoms with van der Waals surface area (Å²) < 4.78 is 32.9. The molecule has 2 aromatic carbocycles. The van der Waals surface area contributed by atoms with Gasteiger partial charge in [0.2, 0.25) is 0 Å². The molecule has 1 amide bonds. The van der Waals surface area contributed by atoms with Crippen molar-refractivity contribution in [3.8, 4) is 17.2 Å². The van der Waals surface area contributed by atoms with Gasteiger partial charge in [0, 0.05) is 54.8 Å². The minimum absolute atomic E-state index is 0.0542. The number of hydrogen-bond acceptors (Lipinski definition) is 5. The first-order chi connectivity index (χ1) is 16.4.